The largest absolute Gasteiger partial charge is 0.418 e. The van der Waals surface area contributed by atoms with E-state index >= 15 is 0 Å². The lowest BCUT2D eigenvalue weighted by molar-refractivity contribution is -0.137. The number of halogens is 3. The summed E-state index contributed by atoms with van der Waals surface area (Å²) in [7, 11) is 1.94. The highest BCUT2D eigenvalue weighted by Crippen LogP contribution is 2.37. The number of nitrogens with one attached hydrogen (secondary N) is 2. The Hall–Kier alpha value is -4.49. The molecule has 0 saturated carbocycles. The quantitative estimate of drug-likeness (QED) is 0.346. The molecule has 0 unspecified atom stereocenters. The molecule has 0 bridgehead atoms. The molecule has 0 radical (unpaired) electrons. The molecule has 5 rings (SSSR count). The van der Waals surface area contributed by atoms with Gasteiger partial charge in [-0.3, -0.25) is 9.89 Å². The predicted octanol–water partition coefficient (Wildman–Crippen LogP) is 4.57. The average molecular weight is 519 g/mol. The Kier molecular flexibility index (Phi) is 6.70. The summed E-state index contributed by atoms with van der Waals surface area (Å²) in [6.07, 6.45) is -4.59. The maximum atomic E-state index is 13.9. The van der Waals surface area contributed by atoms with Crippen molar-refractivity contribution in [2.45, 2.75) is 6.18 Å². The summed E-state index contributed by atoms with van der Waals surface area (Å²) in [6.45, 7) is 2.31. The van der Waals surface area contributed by atoms with E-state index in [0.29, 0.717) is 48.8 Å². The van der Waals surface area contributed by atoms with Gasteiger partial charge < -0.3 is 20.9 Å². The molecule has 0 spiro atoms. The number of hydrogen-bond acceptors (Lipinski definition) is 5. The van der Waals surface area contributed by atoms with Crippen LogP contribution in [0.1, 0.15) is 27.0 Å². The second-order valence-electron chi connectivity index (χ2n) is 9.14. The van der Waals surface area contributed by atoms with Gasteiger partial charge in [-0.05, 0) is 55.6 Å². The molecular formula is C28H25F3N6O. The number of anilines is 3. The summed E-state index contributed by atoms with van der Waals surface area (Å²) in [6, 6.07) is 16.0. The topological polar surface area (TPSA) is 90.3 Å². The highest BCUT2D eigenvalue weighted by atomic mass is 19.4. The van der Waals surface area contributed by atoms with Gasteiger partial charge in [-0.1, -0.05) is 24.0 Å². The lowest BCUT2D eigenvalue weighted by atomic mass is 10.1. The van der Waals surface area contributed by atoms with Crippen LogP contribution >= 0.6 is 0 Å². The van der Waals surface area contributed by atoms with Crippen molar-refractivity contribution in [3.8, 4) is 11.8 Å². The van der Waals surface area contributed by atoms with Gasteiger partial charge in [0.1, 0.15) is 0 Å². The van der Waals surface area contributed by atoms with Crippen LogP contribution in [0.25, 0.3) is 10.9 Å². The summed E-state index contributed by atoms with van der Waals surface area (Å²) >= 11 is 0. The highest BCUT2D eigenvalue weighted by Gasteiger charge is 2.36. The summed E-state index contributed by atoms with van der Waals surface area (Å²) in [4.78, 5) is 16.7. The molecule has 4 aromatic rings. The van der Waals surface area contributed by atoms with Crippen LogP contribution in [0.3, 0.4) is 0 Å². The van der Waals surface area contributed by atoms with Crippen LogP contribution in [0, 0.1) is 11.8 Å². The van der Waals surface area contributed by atoms with Gasteiger partial charge in [-0.25, -0.2) is 0 Å². The zero-order valence-corrected chi connectivity index (χ0v) is 20.6. The molecule has 1 aromatic heterocycles. The first-order chi connectivity index (χ1) is 18.2. The van der Waals surface area contributed by atoms with Gasteiger partial charge in [0.15, 0.2) is 5.82 Å². The summed E-state index contributed by atoms with van der Waals surface area (Å²) in [5.41, 5.74) is 7.64. The van der Waals surface area contributed by atoms with Crippen molar-refractivity contribution in [1.82, 2.24) is 15.1 Å². The van der Waals surface area contributed by atoms with E-state index < -0.39 is 17.6 Å². The van der Waals surface area contributed by atoms with E-state index in [4.69, 9.17) is 5.73 Å². The van der Waals surface area contributed by atoms with Crippen molar-refractivity contribution in [2.24, 2.45) is 0 Å². The second-order valence-corrected chi connectivity index (χ2v) is 9.14. The number of piperazine rings is 1. The number of rotatable bonds is 3. The number of nitrogen functional groups attached to an aromatic ring is 1. The first kappa shape index (κ1) is 25.2. The number of carbonyl (C=O) groups excluding carboxylic acids is 1. The van der Waals surface area contributed by atoms with Crippen molar-refractivity contribution >= 4 is 34.0 Å². The van der Waals surface area contributed by atoms with E-state index in [1.165, 1.54) is 12.1 Å². The zero-order chi connectivity index (χ0) is 26.9. The normalized spacial score (nSPS) is 14.3. The number of nitrogens with two attached hydrogens (primary N) is 1. The molecule has 3 aromatic carbocycles. The van der Waals surface area contributed by atoms with Crippen molar-refractivity contribution in [1.29, 1.82) is 0 Å². The Bertz CT molecular complexity index is 1560. The Balaban J connectivity index is 1.37. The molecule has 0 atom stereocenters. The van der Waals surface area contributed by atoms with Crippen molar-refractivity contribution < 1.29 is 18.0 Å². The van der Waals surface area contributed by atoms with Crippen LogP contribution in [-0.2, 0) is 6.18 Å². The first-order valence-electron chi connectivity index (χ1n) is 12.0. The van der Waals surface area contributed by atoms with Crippen LogP contribution in [-0.4, -0.2) is 54.2 Å². The summed E-state index contributed by atoms with van der Waals surface area (Å²) in [5, 5.41) is 10.3. The maximum absolute atomic E-state index is 13.9. The van der Waals surface area contributed by atoms with Gasteiger partial charge >= 0.3 is 6.18 Å². The van der Waals surface area contributed by atoms with Crippen LogP contribution in [0.15, 0.2) is 60.7 Å². The molecular weight excluding hydrogens is 493 g/mol. The number of benzene rings is 3. The lowest BCUT2D eigenvalue weighted by Crippen LogP contribution is -2.45. The number of alkyl halides is 3. The average Bonchev–Trinajstić information content (AvgIpc) is 3.28. The Morgan fingerprint density at radius 2 is 1.79 bits per heavy atom. The molecule has 1 fully saturated rings. The molecule has 1 aliphatic heterocycles. The van der Waals surface area contributed by atoms with Crippen LogP contribution in [0.2, 0.25) is 0 Å². The highest BCUT2D eigenvalue weighted by molar-refractivity contribution is 6.04. The van der Waals surface area contributed by atoms with Crippen molar-refractivity contribution in [3.05, 3.63) is 82.9 Å². The molecule has 1 saturated heterocycles. The number of hydrogen-bond donors (Lipinski definition) is 3. The predicted molar refractivity (Wildman–Crippen MR) is 142 cm³/mol. The van der Waals surface area contributed by atoms with Crippen LogP contribution < -0.4 is 16.0 Å². The van der Waals surface area contributed by atoms with Gasteiger partial charge in [0.25, 0.3) is 5.91 Å². The fourth-order valence-electron chi connectivity index (χ4n) is 4.45. The van der Waals surface area contributed by atoms with Gasteiger partial charge in [-0.2, -0.15) is 18.3 Å². The number of aromatic amines is 1. The van der Waals surface area contributed by atoms with Gasteiger partial charge in [-0.15, -0.1) is 0 Å². The SMILES string of the molecule is CN1CCN(c2ccc(C(=O)Nc3cccc(C#Cc4cccc5[nH]nc(N)c45)c3)cc2C(F)(F)F)CC1. The molecule has 1 amide bonds. The van der Waals surface area contributed by atoms with E-state index in [2.05, 4.69) is 32.3 Å². The minimum absolute atomic E-state index is 0.0752. The second kappa shape index (κ2) is 10.1. The van der Waals surface area contributed by atoms with Crippen LogP contribution in [0.5, 0.6) is 0 Å². The number of H-pyrrole nitrogens is 1. The number of amides is 1. The van der Waals surface area contributed by atoms with Crippen molar-refractivity contribution in [3.63, 3.8) is 0 Å². The number of fused-ring (bicyclic) bond motifs is 1. The summed E-state index contributed by atoms with van der Waals surface area (Å²) in [5.74, 6) is 5.83. The molecule has 10 heteroatoms. The number of carbonyl (C=O) groups is 1. The molecule has 7 nitrogen and oxygen atoms in total. The van der Waals surface area contributed by atoms with E-state index in [1.54, 1.807) is 29.2 Å². The molecule has 4 N–H and O–H groups in total. The molecule has 2 heterocycles. The zero-order valence-electron chi connectivity index (χ0n) is 20.6. The monoisotopic (exact) mass is 518 g/mol. The smallest absolute Gasteiger partial charge is 0.382 e. The maximum Gasteiger partial charge on any atom is 0.418 e. The summed E-state index contributed by atoms with van der Waals surface area (Å²) < 4.78 is 41.8. The third-order valence-corrected chi connectivity index (χ3v) is 6.49. The molecule has 38 heavy (non-hydrogen) atoms. The third kappa shape index (κ3) is 5.28. The molecule has 1 aliphatic rings. The molecule has 0 aliphatic carbocycles. The Labute approximate surface area is 217 Å². The van der Waals surface area contributed by atoms with E-state index in [1.807, 2.05) is 25.2 Å². The number of aromatic nitrogens is 2. The van der Waals surface area contributed by atoms with Gasteiger partial charge in [0.2, 0.25) is 0 Å². The fraction of sp³-hybridized carbons (Fsp3) is 0.214. The minimum atomic E-state index is -4.59. The third-order valence-electron chi connectivity index (χ3n) is 6.49. The van der Waals surface area contributed by atoms with Gasteiger partial charge in [0, 0.05) is 54.2 Å². The lowest BCUT2D eigenvalue weighted by Gasteiger charge is -2.35. The van der Waals surface area contributed by atoms with Gasteiger partial charge in [0.05, 0.1) is 16.5 Å². The number of nitrogens with zero attached hydrogens (tertiary/aromatic N) is 3. The van der Waals surface area contributed by atoms with Crippen molar-refractivity contribution in [2.75, 3.05) is 49.2 Å². The number of likely N-dealkylation sites (N-methyl/N-ethyl adjacent to an activating group) is 1. The van der Waals surface area contributed by atoms with E-state index in [-0.39, 0.29) is 11.3 Å². The van der Waals surface area contributed by atoms with E-state index in [9.17, 15) is 18.0 Å². The minimum Gasteiger partial charge on any atom is -0.382 e. The van der Waals surface area contributed by atoms with Crippen LogP contribution in [0.4, 0.5) is 30.4 Å². The Morgan fingerprint density at radius 1 is 1.03 bits per heavy atom. The first-order valence-corrected chi connectivity index (χ1v) is 12.0. The fourth-order valence-corrected chi connectivity index (χ4v) is 4.45. The Morgan fingerprint density at radius 3 is 2.55 bits per heavy atom. The molecule has 194 valence electrons. The standard InChI is InChI=1S/C28H25F3N6O/c1-36-12-14-37(15-13-36)24-11-10-20(17-22(24)28(29,30)31)27(38)33-21-6-2-4-18(16-21)8-9-19-5-3-7-23-25(19)26(32)35-34-23/h2-7,10-11,16-17H,12-15H2,1H3,(H,33,38)(H3,32,34,35). The van der Waals surface area contributed by atoms with E-state index in [0.717, 1.165) is 17.0 Å².